The first-order valence-corrected chi connectivity index (χ1v) is 5.44. The lowest BCUT2D eigenvalue weighted by Gasteiger charge is -2.01. The second-order valence-corrected chi connectivity index (χ2v) is 3.75. The first-order chi connectivity index (χ1) is 8.43. The largest absolute Gasteiger partial charge is 0.367 e. The highest BCUT2D eigenvalue weighted by Crippen LogP contribution is 2.20. The fraction of sp³-hybridized carbons (Fsp3) is 0. The van der Waals surface area contributed by atoms with Gasteiger partial charge >= 0.3 is 0 Å². The molecule has 1 N–H and O–H groups in total. The van der Waals surface area contributed by atoms with E-state index in [2.05, 4.69) is 21.0 Å². The van der Waals surface area contributed by atoms with Gasteiger partial charge in [0.05, 0.1) is 11.4 Å². The minimum atomic E-state index is 0.893. The number of nitrogens with one attached hydrogen (secondary N) is 1. The number of rotatable bonds is 2. The first kappa shape index (κ1) is 9.78. The van der Waals surface area contributed by atoms with Crippen molar-refractivity contribution in [2.75, 3.05) is 0 Å². The molecule has 3 aromatic rings. The molecule has 0 aliphatic rings. The van der Waals surface area contributed by atoms with Gasteiger partial charge in [-0.05, 0) is 24.3 Å². The second-order valence-electron chi connectivity index (χ2n) is 3.75. The third kappa shape index (κ3) is 1.95. The molecule has 0 amide bonds. The Kier molecular flexibility index (Phi) is 2.43. The van der Waals surface area contributed by atoms with Crippen LogP contribution in [0.2, 0.25) is 0 Å². The summed E-state index contributed by atoms with van der Waals surface area (Å²) in [6, 6.07) is 11.9. The van der Waals surface area contributed by atoms with Crippen LogP contribution in [0.4, 0.5) is 0 Å². The predicted octanol–water partition coefficient (Wildman–Crippen LogP) is 3.14. The maximum Gasteiger partial charge on any atom is 0.0886 e. The van der Waals surface area contributed by atoms with Crippen molar-refractivity contribution in [1.82, 2.24) is 15.0 Å². The lowest BCUT2D eigenvalue weighted by atomic mass is 10.1. The smallest absolute Gasteiger partial charge is 0.0886 e. The van der Waals surface area contributed by atoms with Crippen LogP contribution in [0.25, 0.3) is 22.5 Å². The summed E-state index contributed by atoms with van der Waals surface area (Å²) >= 11 is 0. The van der Waals surface area contributed by atoms with Gasteiger partial charge in [-0.2, -0.15) is 0 Å². The Labute approximate surface area is 99.2 Å². The number of hydrogen-bond donors (Lipinski definition) is 1. The van der Waals surface area contributed by atoms with Crippen LogP contribution in [0.5, 0.6) is 0 Å². The number of aromatic nitrogens is 3. The quantitative estimate of drug-likeness (QED) is 0.722. The molecule has 17 heavy (non-hydrogen) atoms. The lowest BCUT2D eigenvalue weighted by molar-refractivity contribution is 1.25. The summed E-state index contributed by atoms with van der Waals surface area (Å²) in [7, 11) is 0. The monoisotopic (exact) mass is 221 g/mol. The summed E-state index contributed by atoms with van der Waals surface area (Å²) < 4.78 is 0. The normalized spacial score (nSPS) is 10.4. The molecule has 0 atom stereocenters. The Hall–Kier alpha value is -2.42. The molecule has 0 aliphatic heterocycles. The van der Waals surface area contributed by atoms with E-state index in [1.165, 1.54) is 0 Å². The van der Waals surface area contributed by atoms with Gasteiger partial charge in [0.15, 0.2) is 0 Å². The van der Waals surface area contributed by atoms with Crippen LogP contribution >= 0.6 is 0 Å². The first-order valence-electron chi connectivity index (χ1n) is 5.44. The van der Waals surface area contributed by atoms with Gasteiger partial charge in [-0.25, -0.2) is 0 Å². The van der Waals surface area contributed by atoms with E-state index in [1.807, 2.05) is 48.9 Å². The molecule has 3 heterocycles. The van der Waals surface area contributed by atoms with Crippen molar-refractivity contribution in [3.63, 3.8) is 0 Å². The van der Waals surface area contributed by atoms with E-state index in [1.54, 1.807) is 6.20 Å². The van der Waals surface area contributed by atoms with Crippen molar-refractivity contribution < 1.29 is 0 Å². The number of nitrogens with zero attached hydrogens (tertiary/aromatic N) is 2. The van der Waals surface area contributed by atoms with Crippen molar-refractivity contribution in [3.8, 4) is 22.5 Å². The van der Waals surface area contributed by atoms with E-state index >= 15 is 0 Å². The highest BCUT2D eigenvalue weighted by molar-refractivity contribution is 5.64. The van der Waals surface area contributed by atoms with Gasteiger partial charge in [0.2, 0.25) is 0 Å². The SMILES string of the molecule is c1ccc(-c2ccc(-c3cc[nH]c3)cn2)nc1. The van der Waals surface area contributed by atoms with E-state index < -0.39 is 0 Å². The Morgan fingerprint density at radius 1 is 0.824 bits per heavy atom. The molecule has 82 valence electrons. The average Bonchev–Trinajstić information content (AvgIpc) is 2.94. The zero-order chi connectivity index (χ0) is 11.5. The van der Waals surface area contributed by atoms with E-state index in [0.717, 1.165) is 22.5 Å². The lowest BCUT2D eigenvalue weighted by Crippen LogP contribution is -1.86. The van der Waals surface area contributed by atoms with Crippen LogP contribution in [0, 0.1) is 0 Å². The van der Waals surface area contributed by atoms with Crippen molar-refractivity contribution in [2.45, 2.75) is 0 Å². The summed E-state index contributed by atoms with van der Waals surface area (Å²) in [6.45, 7) is 0. The molecule has 0 saturated carbocycles. The number of pyridine rings is 2. The van der Waals surface area contributed by atoms with Crippen LogP contribution in [-0.4, -0.2) is 15.0 Å². The third-order valence-electron chi connectivity index (χ3n) is 2.62. The van der Waals surface area contributed by atoms with Crippen molar-refractivity contribution >= 4 is 0 Å². The average molecular weight is 221 g/mol. The van der Waals surface area contributed by atoms with Crippen molar-refractivity contribution in [1.29, 1.82) is 0 Å². The molecular weight excluding hydrogens is 210 g/mol. The molecule has 3 rings (SSSR count). The van der Waals surface area contributed by atoms with Crippen LogP contribution in [0.15, 0.2) is 61.2 Å². The summed E-state index contributed by atoms with van der Waals surface area (Å²) in [5.74, 6) is 0. The molecule has 3 aromatic heterocycles. The predicted molar refractivity (Wildman–Crippen MR) is 67.3 cm³/mol. The van der Waals surface area contributed by atoms with Crippen molar-refractivity contribution in [2.24, 2.45) is 0 Å². The minimum Gasteiger partial charge on any atom is -0.367 e. The van der Waals surface area contributed by atoms with Crippen LogP contribution in [-0.2, 0) is 0 Å². The van der Waals surface area contributed by atoms with E-state index in [-0.39, 0.29) is 0 Å². The Bertz CT molecular complexity index is 583. The molecule has 0 saturated heterocycles. The van der Waals surface area contributed by atoms with Crippen LogP contribution in [0.1, 0.15) is 0 Å². The van der Waals surface area contributed by atoms with Crippen molar-refractivity contribution in [3.05, 3.63) is 61.2 Å². The fourth-order valence-electron chi connectivity index (χ4n) is 1.73. The van der Waals surface area contributed by atoms with Gasteiger partial charge in [0, 0.05) is 35.9 Å². The van der Waals surface area contributed by atoms with Gasteiger partial charge in [-0.1, -0.05) is 12.1 Å². The molecule has 0 unspecified atom stereocenters. The fourth-order valence-corrected chi connectivity index (χ4v) is 1.73. The number of H-pyrrole nitrogens is 1. The molecule has 3 nitrogen and oxygen atoms in total. The second kappa shape index (κ2) is 4.22. The van der Waals surface area contributed by atoms with Crippen LogP contribution < -0.4 is 0 Å². The van der Waals surface area contributed by atoms with E-state index in [9.17, 15) is 0 Å². The molecule has 3 heteroatoms. The van der Waals surface area contributed by atoms with Gasteiger partial charge in [-0.3, -0.25) is 9.97 Å². The Balaban J connectivity index is 1.96. The summed E-state index contributed by atoms with van der Waals surface area (Å²) in [6.07, 6.45) is 7.50. The minimum absolute atomic E-state index is 0.893. The molecule has 0 bridgehead atoms. The summed E-state index contributed by atoms with van der Waals surface area (Å²) in [5, 5.41) is 0. The molecule has 0 spiro atoms. The molecule has 0 aliphatic carbocycles. The molecular formula is C14H11N3. The maximum absolute atomic E-state index is 4.43. The topological polar surface area (TPSA) is 41.6 Å². The van der Waals surface area contributed by atoms with Gasteiger partial charge in [0.1, 0.15) is 0 Å². The Morgan fingerprint density at radius 3 is 2.41 bits per heavy atom. The number of aromatic amines is 1. The highest BCUT2D eigenvalue weighted by Gasteiger charge is 2.01. The standard InChI is InChI=1S/C14H11N3/c1-2-7-16-13(3-1)14-5-4-11(10-17-14)12-6-8-15-9-12/h1-10,15H. The zero-order valence-corrected chi connectivity index (χ0v) is 9.17. The Morgan fingerprint density at radius 2 is 1.76 bits per heavy atom. The van der Waals surface area contributed by atoms with Gasteiger partial charge in [0.25, 0.3) is 0 Å². The molecule has 0 aromatic carbocycles. The molecule has 0 radical (unpaired) electrons. The van der Waals surface area contributed by atoms with Gasteiger partial charge in [-0.15, -0.1) is 0 Å². The summed E-state index contributed by atoms with van der Waals surface area (Å²) in [4.78, 5) is 11.7. The molecule has 0 fully saturated rings. The van der Waals surface area contributed by atoms with Gasteiger partial charge < -0.3 is 4.98 Å². The maximum atomic E-state index is 4.43. The highest BCUT2D eigenvalue weighted by atomic mass is 14.8. The third-order valence-corrected chi connectivity index (χ3v) is 2.62. The van der Waals surface area contributed by atoms with Crippen LogP contribution in [0.3, 0.4) is 0 Å². The summed E-state index contributed by atoms with van der Waals surface area (Å²) in [5.41, 5.74) is 4.04. The number of hydrogen-bond acceptors (Lipinski definition) is 2. The van der Waals surface area contributed by atoms with E-state index in [4.69, 9.17) is 0 Å². The zero-order valence-electron chi connectivity index (χ0n) is 9.17. The van der Waals surface area contributed by atoms with E-state index in [0.29, 0.717) is 0 Å².